The molecule has 1 aliphatic carbocycles. The van der Waals surface area contributed by atoms with Gasteiger partial charge in [0.05, 0.1) is 5.60 Å². The van der Waals surface area contributed by atoms with Gasteiger partial charge >= 0.3 is 0 Å². The Hall–Kier alpha value is -0.0800. The highest BCUT2D eigenvalue weighted by Gasteiger charge is 2.41. The van der Waals surface area contributed by atoms with Crippen molar-refractivity contribution in [3.8, 4) is 0 Å². The maximum Gasteiger partial charge on any atom is 0.0831 e. The molecule has 1 saturated carbocycles. The van der Waals surface area contributed by atoms with Crippen LogP contribution in [0.1, 0.15) is 78.6 Å². The van der Waals surface area contributed by atoms with E-state index in [1.807, 2.05) is 7.11 Å². The van der Waals surface area contributed by atoms with E-state index in [1.54, 1.807) is 0 Å². The highest BCUT2D eigenvalue weighted by Crippen LogP contribution is 2.38. The van der Waals surface area contributed by atoms with E-state index >= 15 is 0 Å². The third-order valence-corrected chi connectivity index (χ3v) is 5.05. The zero-order chi connectivity index (χ0) is 14.1. The number of ether oxygens (including phenoxy) is 1. The molecule has 0 bridgehead atoms. The second kappa shape index (κ2) is 8.97. The molecule has 0 saturated heterocycles. The molecular weight excluding hydrogens is 234 g/mol. The van der Waals surface area contributed by atoms with Crippen molar-refractivity contribution < 1.29 is 4.74 Å². The van der Waals surface area contributed by atoms with Gasteiger partial charge in [0, 0.05) is 13.2 Å². The molecule has 0 radical (unpaired) electrons. The van der Waals surface area contributed by atoms with Crippen molar-refractivity contribution in [2.75, 3.05) is 13.7 Å². The van der Waals surface area contributed by atoms with Crippen LogP contribution in [0, 0.1) is 5.92 Å². The zero-order valence-corrected chi connectivity index (χ0v) is 13.6. The Bertz CT molecular complexity index is 223. The maximum atomic E-state index is 6.00. The summed E-state index contributed by atoms with van der Waals surface area (Å²) in [6.45, 7) is 7.91. The summed E-state index contributed by atoms with van der Waals surface area (Å²) in [7, 11) is 1.92. The first kappa shape index (κ1) is 17.0. The number of hydrogen-bond acceptors (Lipinski definition) is 2. The Morgan fingerprint density at radius 1 is 1.16 bits per heavy atom. The SMILES string of the molecule is CCCCC(CC)CC(NCC)C1(OC)CCCC1. The molecule has 0 aromatic rings. The van der Waals surface area contributed by atoms with Gasteiger partial charge in [-0.05, 0) is 31.7 Å². The van der Waals surface area contributed by atoms with Crippen LogP contribution in [0.4, 0.5) is 0 Å². The monoisotopic (exact) mass is 269 g/mol. The van der Waals surface area contributed by atoms with E-state index in [1.165, 1.54) is 57.8 Å². The van der Waals surface area contributed by atoms with Gasteiger partial charge in [-0.15, -0.1) is 0 Å². The maximum absolute atomic E-state index is 6.00. The summed E-state index contributed by atoms with van der Waals surface area (Å²) in [4.78, 5) is 0. The first-order valence-corrected chi connectivity index (χ1v) is 8.50. The quantitative estimate of drug-likeness (QED) is 0.629. The highest BCUT2D eigenvalue weighted by molar-refractivity contribution is 4.97. The first-order valence-electron chi connectivity index (χ1n) is 8.50. The second-order valence-electron chi connectivity index (χ2n) is 6.24. The summed E-state index contributed by atoms with van der Waals surface area (Å²) in [5.41, 5.74) is 0.121. The van der Waals surface area contributed by atoms with Crippen LogP contribution in [-0.4, -0.2) is 25.3 Å². The number of unbranched alkanes of at least 4 members (excludes halogenated alkanes) is 1. The summed E-state index contributed by atoms with van der Waals surface area (Å²) >= 11 is 0. The van der Waals surface area contributed by atoms with Crippen molar-refractivity contribution in [3.05, 3.63) is 0 Å². The van der Waals surface area contributed by atoms with Gasteiger partial charge in [-0.25, -0.2) is 0 Å². The van der Waals surface area contributed by atoms with Gasteiger partial charge in [0.2, 0.25) is 0 Å². The fourth-order valence-corrected chi connectivity index (χ4v) is 3.71. The molecule has 0 aliphatic heterocycles. The van der Waals surface area contributed by atoms with Crippen LogP contribution < -0.4 is 5.32 Å². The molecule has 114 valence electrons. The first-order chi connectivity index (χ1) is 9.22. The molecule has 1 fully saturated rings. The lowest BCUT2D eigenvalue weighted by atomic mass is 9.82. The third kappa shape index (κ3) is 4.75. The lowest BCUT2D eigenvalue weighted by molar-refractivity contribution is -0.0417. The number of likely N-dealkylation sites (N-methyl/N-ethyl adjacent to an activating group) is 1. The molecule has 2 heteroatoms. The predicted octanol–water partition coefficient (Wildman–Crippen LogP) is 4.53. The van der Waals surface area contributed by atoms with Crippen molar-refractivity contribution in [3.63, 3.8) is 0 Å². The van der Waals surface area contributed by atoms with Gasteiger partial charge in [0.15, 0.2) is 0 Å². The third-order valence-electron chi connectivity index (χ3n) is 5.05. The van der Waals surface area contributed by atoms with E-state index in [0.717, 1.165) is 12.5 Å². The summed E-state index contributed by atoms with van der Waals surface area (Å²) in [5.74, 6) is 0.858. The molecule has 0 aromatic heterocycles. The van der Waals surface area contributed by atoms with Crippen LogP contribution in [0.5, 0.6) is 0 Å². The number of hydrogen-bond donors (Lipinski definition) is 1. The van der Waals surface area contributed by atoms with Crippen molar-refractivity contribution in [1.29, 1.82) is 0 Å². The number of rotatable bonds is 10. The fraction of sp³-hybridized carbons (Fsp3) is 1.00. The predicted molar refractivity (Wildman–Crippen MR) is 83.6 cm³/mol. The van der Waals surface area contributed by atoms with Crippen LogP contribution in [0.15, 0.2) is 0 Å². The molecular formula is C17H35NO. The lowest BCUT2D eigenvalue weighted by Crippen LogP contribution is -2.51. The molecule has 0 heterocycles. The Balaban J connectivity index is 2.64. The molecule has 19 heavy (non-hydrogen) atoms. The average Bonchev–Trinajstić information content (AvgIpc) is 2.92. The van der Waals surface area contributed by atoms with Crippen LogP contribution >= 0.6 is 0 Å². The van der Waals surface area contributed by atoms with E-state index in [9.17, 15) is 0 Å². The minimum Gasteiger partial charge on any atom is -0.377 e. The van der Waals surface area contributed by atoms with E-state index < -0.39 is 0 Å². The second-order valence-corrected chi connectivity index (χ2v) is 6.24. The van der Waals surface area contributed by atoms with Gasteiger partial charge in [-0.3, -0.25) is 0 Å². The van der Waals surface area contributed by atoms with Crippen molar-refractivity contribution in [2.45, 2.75) is 90.2 Å². The molecule has 2 nitrogen and oxygen atoms in total. The molecule has 1 rings (SSSR count). The average molecular weight is 269 g/mol. The van der Waals surface area contributed by atoms with E-state index in [4.69, 9.17) is 4.74 Å². The Morgan fingerprint density at radius 2 is 1.84 bits per heavy atom. The number of nitrogens with one attached hydrogen (secondary N) is 1. The molecule has 0 aromatic carbocycles. The van der Waals surface area contributed by atoms with E-state index in [-0.39, 0.29) is 5.60 Å². The molecule has 2 atom stereocenters. The van der Waals surface area contributed by atoms with Crippen LogP contribution in [0.2, 0.25) is 0 Å². The van der Waals surface area contributed by atoms with Crippen LogP contribution in [-0.2, 0) is 4.74 Å². The van der Waals surface area contributed by atoms with Crippen molar-refractivity contribution >= 4 is 0 Å². The van der Waals surface area contributed by atoms with Gasteiger partial charge in [0.25, 0.3) is 0 Å². The normalized spacial score (nSPS) is 21.5. The Kier molecular flexibility index (Phi) is 8.01. The van der Waals surface area contributed by atoms with Crippen molar-refractivity contribution in [2.24, 2.45) is 5.92 Å². The van der Waals surface area contributed by atoms with Gasteiger partial charge in [-0.1, -0.05) is 59.3 Å². The molecule has 0 amide bonds. The topological polar surface area (TPSA) is 21.3 Å². The van der Waals surface area contributed by atoms with Crippen molar-refractivity contribution in [1.82, 2.24) is 5.32 Å². The van der Waals surface area contributed by atoms with Gasteiger partial charge < -0.3 is 10.1 Å². The number of methoxy groups -OCH3 is 1. The minimum absolute atomic E-state index is 0.121. The lowest BCUT2D eigenvalue weighted by Gasteiger charge is -2.39. The Labute approximate surface area is 120 Å². The smallest absolute Gasteiger partial charge is 0.0831 e. The summed E-state index contributed by atoms with van der Waals surface area (Å²) < 4.78 is 6.00. The summed E-state index contributed by atoms with van der Waals surface area (Å²) in [6, 6.07) is 0.548. The van der Waals surface area contributed by atoms with Crippen LogP contribution in [0.25, 0.3) is 0 Å². The van der Waals surface area contributed by atoms with E-state index in [0.29, 0.717) is 6.04 Å². The Morgan fingerprint density at radius 3 is 2.32 bits per heavy atom. The highest BCUT2D eigenvalue weighted by atomic mass is 16.5. The molecule has 2 unspecified atom stereocenters. The minimum atomic E-state index is 0.121. The molecule has 1 aliphatic rings. The molecule has 1 N–H and O–H groups in total. The van der Waals surface area contributed by atoms with Gasteiger partial charge in [-0.2, -0.15) is 0 Å². The standard InChI is InChI=1S/C17H35NO/c1-5-8-11-15(6-2)14-16(18-7-3)17(19-4)12-9-10-13-17/h15-16,18H,5-14H2,1-4H3. The largest absolute Gasteiger partial charge is 0.377 e. The van der Waals surface area contributed by atoms with Gasteiger partial charge in [0.1, 0.15) is 0 Å². The summed E-state index contributed by atoms with van der Waals surface area (Å²) in [5, 5.41) is 3.73. The molecule has 0 spiro atoms. The van der Waals surface area contributed by atoms with Crippen LogP contribution in [0.3, 0.4) is 0 Å². The zero-order valence-electron chi connectivity index (χ0n) is 13.6. The summed E-state index contributed by atoms with van der Waals surface area (Å²) in [6.07, 6.45) is 11.8. The van der Waals surface area contributed by atoms with E-state index in [2.05, 4.69) is 26.1 Å². The fourth-order valence-electron chi connectivity index (χ4n) is 3.71.